The van der Waals surface area contributed by atoms with Gasteiger partial charge in [-0.1, -0.05) is 0 Å². The van der Waals surface area contributed by atoms with E-state index in [1.54, 1.807) is 0 Å². The lowest BCUT2D eigenvalue weighted by molar-refractivity contribution is -0.757. The summed E-state index contributed by atoms with van der Waals surface area (Å²) < 4.78 is 35.8. The molecule has 0 aliphatic rings. The van der Waals surface area contributed by atoms with E-state index in [1.807, 2.05) is 0 Å². The molecule has 21 heavy (non-hydrogen) atoms. The zero-order valence-electron chi connectivity index (χ0n) is 10.5. The average Bonchev–Trinajstić information content (AvgIpc) is 2.35. The molecule has 0 bridgehead atoms. The molecular weight excluding hydrogens is 310 g/mol. The summed E-state index contributed by atoms with van der Waals surface area (Å²) in [6.07, 6.45) is -0.279. The first-order valence-corrected chi connectivity index (χ1v) is 6.92. The molecule has 0 spiro atoms. The number of esters is 1. The third kappa shape index (κ3) is 5.62. The van der Waals surface area contributed by atoms with Crippen molar-refractivity contribution in [3.05, 3.63) is 28.3 Å². The second-order valence-electron chi connectivity index (χ2n) is 3.74. The highest BCUT2D eigenvalue weighted by Gasteiger charge is 2.19. The first-order valence-electron chi connectivity index (χ1n) is 5.48. The smallest absolute Gasteiger partial charge is 0.311 e. The summed E-state index contributed by atoms with van der Waals surface area (Å²) in [6, 6.07) is 2.77. The Morgan fingerprint density at radius 3 is 2.62 bits per heavy atom. The van der Waals surface area contributed by atoms with E-state index in [0.717, 1.165) is 12.1 Å². The Labute approximate surface area is 118 Å². The number of benzene rings is 1. The summed E-state index contributed by atoms with van der Waals surface area (Å²) in [5, 5.41) is 18.0. The van der Waals surface area contributed by atoms with Crippen molar-refractivity contribution in [2.24, 2.45) is 0 Å². The molecule has 1 aromatic rings. The predicted octanol–water partition coefficient (Wildman–Crippen LogP) is 0.533. The third-order valence-electron chi connectivity index (χ3n) is 2.15. The van der Waals surface area contributed by atoms with Crippen molar-refractivity contribution < 1.29 is 37.5 Å². The molecule has 0 saturated carbocycles. The minimum Gasteiger partial charge on any atom is -0.508 e. The fraction of sp³-hybridized carbons (Fsp3) is 0.300. The largest absolute Gasteiger partial charge is 0.508 e. The van der Waals surface area contributed by atoms with Crippen molar-refractivity contribution in [1.82, 2.24) is 0 Å². The molecule has 0 aliphatic heterocycles. The third-order valence-corrected chi connectivity index (χ3v) is 3.03. The van der Waals surface area contributed by atoms with Gasteiger partial charge in [0.25, 0.3) is 15.2 Å². The molecule has 0 saturated heterocycles. The molecule has 1 aromatic carbocycles. The molecule has 0 amide bonds. The highest BCUT2D eigenvalue weighted by atomic mass is 32.2. The number of hydrogen-bond donors (Lipinski definition) is 2. The maximum atomic E-state index is 11.4. The lowest BCUT2D eigenvalue weighted by Crippen LogP contribution is -2.12. The van der Waals surface area contributed by atoms with Crippen LogP contribution in [0.15, 0.2) is 23.1 Å². The fourth-order valence-corrected chi connectivity index (χ4v) is 1.95. The molecule has 0 aliphatic carbocycles. The van der Waals surface area contributed by atoms with Crippen LogP contribution in [0.5, 0.6) is 11.5 Å². The summed E-state index contributed by atoms with van der Waals surface area (Å²) in [5.74, 6) is -1.78. The van der Waals surface area contributed by atoms with E-state index in [2.05, 4.69) is 4.84 Å². The number of carbonyl (C=O) groups is 1. The molecule has 11 heteroatoms. The number of aromatic hydroxyl groups is 1. The predicted molar refractivity (Wildman–Crippen MR) is 65.7 cm³/mol. The van der Waals surface area contributed by atoms with Gasteiger partial charge in [0.1, 0.15) is 10.6 Å². The number of phenols is 1. The standard InChI is InChI=1S/C10H11NO9S/c12-7-3-4-8(9(6-7)21(16,17)18)20-10(13)2-1-5-19-11(14)15/h3-4,6,12H,1-2,5H2,(H,16,17,18). The molecule has 0 radical (unpaired) electrons. The van der Waals surface area contributed by atoms with E-state index < -0.39 is 37.6 Å². The summed E-state index contributed by atoms with van der Waals surface area (Å²) in [5.41, 5.74) is 0. The van der Waals surface area contributed by atoms with Crippen LogP contribution in [0.3, 0.4) is 0 Å². The van der Waals surface area contributed by atoms with Crippen molar-refractivity contribution in [2.45, 2.75) is 17.7 Å². The van der Waals surface area contributed by atoms with Gasteiger partial charge in [-0.05, 0) is 18.6 Å². The van der Waals surface area contributed by atoms with E-state index in [0.29, 0.717) is 6.07 Å². The van der Waals surface area contributed by atoms with Gasteiger partial charge in [0.05, 0.1) is 6.61 Å². The fourth-order valence-electron chi connectivity index (χ4n) is 1.31. The number of ether oxygens (including phenoxy) is 1. The van der Waals surface area contributed by atoms with Crippen LogP contribution in [0.2, 0.25) is 0 Å². The van der Waals surface area contributed by atoms with E-state index in [-0.39, 0.29) is 19.4 Å². The topological polar surface area (TPSA) is 153 Å². The average molecular weight is 321 g/mol. The van der Waals surface area contributed by atoms with Crippen LogP contribution in [0, 0.1) is 10.1 Å². The first-order chi connectivity index (χ1) is 9.70. The molecule has 1 rings (SSSR count). The molecule has 10 nitrogen and oxygen atoms in total. The summed E-state index contributed by atoms with van der Waals surface area (Å²) >= 11 is 0. The van der Waals surface area contributed by atoms with Gasteiger partial charge in [-0.2, -0.15) is 8.42 Å². The normalized spacial score (nSPS) is 10.9. The van der Waals surface area contributed by atoms with Crippen molar-refractivity contribution in [2.75, 3.05) is 6.61 Å². The van der Waals surface area contributed by atoms with Gasteiger partial charge >= 0.3 is 5.97 Å². The molecule has 0 unspecified atom stereocenters. The summed E-state index contributed by atoms with van der Waals surface area (Å²) in [4.78, 5) is 24.5. The number of hydrogen-bond acceptors (Lipinski definition) is 8. The number of carbonyl (C=O) groups excluding carboxylic acids is 1. The SMILES string of the molecule is O=C(CCCO[N+](=O)[O-])Oc1ccc(O)cc1S(=O)(=O)O. The summed E-state index contributed by atoms with van der Waals surface area (Å²) in [7, 11) is -4.69. The van der Waals surface area contributed by atoms with Crippen LogP contribution < -0.4 is 4.74 Å². The molecule has 0 fully saturated rings. The first kappa shape index (κ1) is 16.7. The van der Waals surface area contributed by atoms with Crippen molar-refractivity contribution >= 4 is 16.1 Å². The monoisotopic (exact) mass is 321 g/mol. The van der Waals surface area contributed by atoms with Crippen LogP contribution >= 0.6 is 0 Å². The Kier molecular flexibility index (Phi) is 5.44. The van der Waals surface area contributed by atoms with Crippen LogP contribution in [0.25, 0.3) is 0 Å². The maximum Gasteiger partial charge on any atom is 0.311 e. The van der Waals surface area contributed by atoms with Crippen molar-refractivity contribution in [3.63, 3.8) is 0 Å². The van der Waals surface area contributed by atoms with Crippen LogP contribution in [0.4, 0.5) is 0 Å². The van der Waals surface area contributed by atoms with Crippen LogP contribution in [0.1, 0.15) is 12.8 Å². The maximum absolute atomic E-state index is 11.4. The molecule has 2 N–H and O–H groups in total. The van der Waals surface area contributed by atoms with E-state index in [9.17, 15) is 23.3 Å². The van der Waals surface area contributed by atoms with Gasteiger partial charge < -0.3 is 14.7 Å². The zero-order valence-corrected chi connectivity index (χ0v) is 11.3. The highest BCUT2D eigenvalue weighted by molar-refractivity contribution is 7.86. The highest BCUT2D eigenvalue weighted by Crippen LogP contribution is 2.28. The second-order valence-corrected chi connectivity index (χ2v) is 5.13. The van der Waals surface area contributed by atoms with Gasteiger partial charge in [-0.3, -0.25) is 9.35 Å². The van der Waals surface area contributed by atoms with Crippen molar-refractivity contribution in [1.29, 1.82) is 0 Å². The van der Waals surface area contributed by atoms with Crippen LogP contribution in [-0.4, -0.2) is 35.7 Å². The van der Waals surface area contributed by atoms with Crippen LogP contribution in [-0.2, 0) is 19.8 Å². The zero-order chi connectivity index (χ0) is 16.0. The van der Waals surface area contributed by atoms with E-state index in [4.69, 9.17) is 14.4 Å². The quantitative estimate of drug-likeness (QED) is 0.183. The Morgan fingerprint density at radius 2 is 2.05 bits per heavy atom. The Hall–Kier alpha value is -2.40. The molecule has 0 atom stereocenters. The Bertz CT molecular complexity index is 640. The summed E-state index contributed by atoms with van der Waals surface area (Å²) in [6.45, 7) is -0.317. The van der Waals surface area contributed by atoms with Gasteiger partial charge in [0.2, 0.25) is 0 Å². The van der Waals surface area contributed by atoms with E-state index >= 15 is 0 Å². The van der Waals surface area contributed by atoms with Gasteiger partial charge in [-0.25, -0.2) is 0 Å². The molecular formula is C10H11NO9S. The van der Waals surface area contributed by atoms with Gasteiger partial charge in [0, 0.05) is 12.5 Å². The number of phenolic OH excluding ortho intramolecular Hbond substituents is 1. The van der Waals surface area contributed by atoms with Gasteiger partial charge in [0.15, 0.2) is 5.75 Å². The molecule has 116 valence electrons. The minimum atomic E-state index is -4.69. The lowest BCUT2D eigenvalue weighted by Gasteiger charge is -2.08. The number of nitrogens with zero attached hydrogens (tertiary/aromatic N) is 1. The lowest BCUT2D eigenvalue weighted by atomic mass is 10.3. The van der Waals surface area contributed by atoms with Gasteiger partial charge in [-0.15, -0.1) is 10.1 Å². The van der Waals surface area contributed by atoms with Crippen molar-refractivity contribution in [3.8, 4) is 11.5 Å². The minimum absolute atomic E-state index is 0.0148. The molecule has 0 heterocycles. The number of rotatable bonds is 7. The van der Waals surface area contributed by atoms with E-state index in [1.165, 1.54) is 0 Å². The Morgan fingerprint density at radius 1 is 1.38 bits per heavy atom. The molecule has 0 aromatic heterocycles. The Balaban J connectivity index is 2.70. The second kappa shape index (κ2) is 6.85.